The van der Waals surface area contributed by atoms with Gasteiger partial charge in [0.2, 0.25) is 0 Å². The minimum absolute atomic E-state index is 0.0457. The van der Waals surface area contributed by atoms with Crippen molar-refractivity contribution in [3.8, 4) is 0 Å². The standard InChI is InChI=1S/C19H33O4P/c1-9-14-15(17(3,4)5)11-13(12-16(14)18(6,7)8)19(20,10-2)24(21,22)23/h11-12,20H,9-10H2,1-8H3,(H2,21,22,23). The molecule has 1 aromatic rings. The molecule has 24 heavy (non-hydrogen) atoms. The minimum atomic E-state index is -4.72. The van der Waals surface area contributed by atoms with Crippen molar-refractivity contribution in [2.45, 2.75) is 84.4 Å². The largest absolute Gasteiger partial charge is 0.373 e. The second kappa shape index (κ2) is 6.57. The van der Waals surface area contributed by atoms with Crippen LogP contribution in [0.1, 0.15) is 84.1 Å². The van der Waals surface area contributed by atoms with Crippen molar-refractivity contribution in [3.05, 3.63) is 34.4 Å². The average molecular weight is 356 g/mol. The molecule has 4 nitrogen and oxygen atoms in total. The molecule has 1 unspecified atom stereocenters. The van der Waals surface area contributed by atoms with Gasteiger partial charge in [-0.2, -0.15) is 0 Å². The molecular formula is C19H33O4P. The van der Waals surface area contributed by atoms with Crippen molar-refractivity contribution in [1.82, 2.24) is 0 Å². The first-order valence-electron chi connectivity index (χ1n) is 8.56. The molecule has 0 amide bonds. The van der Waals surface area contributed by atoms with Gasteiger partial charge in [0, 0.05) is 0 Å². The first-order valence-corrected chi connectivity index (χ1v) is 10.2. The second-order valence-corrected chi connectivity index (χ2v) is 10.4. The molecule has 1 atom stereocenters. The lowest BCUT2D eigenvalue weighted by atomic mass is 9.74. The number of hydrogen-bond donors (Lipinski definition) is 3. The van der Waals surface area contributed by atoms with Crippen LogP contribution in [0, 0.1) is 0 Å². The van der Waals surface area contributed by atoms with E-state index in [1.165, 1.54) is 5.56 Å². The van der Waals surface area contributed by atoms with Crippen LogP contribution < -0.4 is 0 Å². The zero-order valence-corrected chi connectivity index (χ0v) is 17.2. The molecule has 0 aliphatic rings. The second-order valence-electron chi connectivity index (χ2n) is 8.62. The molecule has 0 saturated heterocycles. The summed E-state index contributed by atoms with van der Waals surface area (Å²) in [5, 5.41) is 8.66. The average Bonchev–Trinajstić information content (AvgIpc) is 2.41. The maximum absolute atomic E-state index is 12.0. The summed E-state index contributed by atoms with van der Waals surface area (Å²) in [5.41, 5.74) is 3.20. The summed E-state index contributed by atoms with van der Waals surface area (Å²) in [6.07, 6.45) is 0.788. The third kappa shape index (κ3) is 3.94. The van der Waals surface area contributed by atoms with Gasteiger partial charge in [-0.1, -0.05) is 67.5 Å². The molecule has 0 fully saturated rings. The number of aliphatic hydroxyl groups is 1. The van der Waals surface area contributed by atoms with Crippen molar-refractivity contribution in [2.24, 2.45) is 0 Å². The Labute approximate surface area is 146 Å². The molecule has 1 aromatic carbocycles. The first-order chi connectivity index (χ1) is 10.6. The van der Waals surface area contributed by atoms with Crippen molar-refractivity contribution in [3.63, 3.8) is 0 Å². The van der Waals surface area contributed by atoms with E-state index in [2.05, 4.69) is 48.5 Å². The first kappa shape index (κ1) is 21.4. The van der Waals surface area contributed by atoms with Gasteiger partial charge in [-0.05, 0) is 45.9 Å². The van der Waals surface area contributed by atoms with Crippen LogP contribution in [0.5, 0.6) is 0 Å². The maximum atomic E-state index is 12.0. The highest BCUT2D eigenvalue weighted by atomic mass is 31.2. The molecule has 138 valence electrons. The van der Waals surface area contributed by atoms with E-state index in [0.29, 0.717) is 5.56 Å². The van der Waals surface area contributed by atoms with Gasteiger partial charge in [0.25, 0.3) is 0 Å². The monoisotopic (exact) mass is 356 g/mol. The Bertz CT molecular complexity index is 611. The van der Waals surface area contributed by atoms with Crippen LogP contribution in [0.15, 0.2) is 12.1 Å². The van der Waals surface area contributed by atoms with E-state index >= 15 is 0 Å². The molecule has 0 heterocycles. The smallest absolute Gasteiger partial charge is 0.361 e. The zero-order chi connectivity index (χ0) is 19.1. The zero-order valence-electron chi connectivity index (χ0n) is 16.3. The summed E-state index contributed by atoms with van der Waals surface area (Å²) >= 11 is 0. The highest BCUT2D eigenvalue weighted by Crippen LogP contribution is 2.58. The van der Waals surface area contributed by atoms with Gasteiger partial charge in [0.05, 0.1) is 0 Å². The summed E-state index contributed by atoms with van der Waals surface area (Å²) in [5.74, 6) is 0. The Morgan fingerprint density at radius 1 is 0.917 bits per heavy atom. The van der Waals surface area contributed by atoms with Gasteiger partial charge in [0.1, 0.15) is 0 Å². The maximum Gasteiger partial charge on any atom is 0.361 e. The van der Waals surface area contributed by atoms with Crippen LogP contribution in [0.4, 0.5) is 0 Å². The Balaban J connectivity index is 3.94. The molecule has 0 aliphatic carbocycles. The van der Waals surface area contributed by atoms with Crippen LogP contribution >= 0.6 is 7.60 Å². The van der Waals surface area contributed by atoms with Crippen molar-refractivity contribution in [1.29, 1.82) is 0 Å². The van der Waals surface area contributed by atoms with Gasteiger partial charge in [-0.15, -0.1) is 0 Å². The molecule has 0 saturated carbocycles. The van der Waals surface area contributed by atoms with E-state index in [4.69, 9.17) is 0 Å². The molecule has 3 N–H and O–H groups in total. The summed E-state index contributed by atoms with van der Waals surface area (Å²) in [6.45, 7) is 16.2. The van der Waals surface area contributed by atoms with Crippen LogP contribution in [-0.4, -0.2) is 14.9 Å². The molecule has 1 rings (SSSR count). The fourth-order valence-electron chi connectivity index (χ4n) is 3.20. The number of benzene rings is 1. The molecule has 0 aromatic heterocycles. The van der Waals surface area contributed by atoms with Crippen molar-refractivity contribution < 1.29 is 19.5 Å². The number of rotatable bonds is 4. The van der Waals surface area contributed by atoms with Crippen LogP contribution in [0.25, 0.3) is 0 Å². The molecule has 0 aliphatic heterocycles. The Morgan fingerprint density at radius 3 is 1.50 bits per heavy atom. The normalized spacial score (nSPS) is 16.1. The molecule has 0 bridgehead atoms. The Hall–Kier alpha value is -0.670. The topological polar surface area (TPSA) is 77.8 Å². The summed E-state index contributed by atoms with van der Waals surface area (Å²) in [6, 6.07) is 3.58. The fourth-order valence-corrected chi connectivity index (χ4v) is 4.08. The van der Waals surface area contributed by atoms with E-state index in [1.807, 2.05) is 0 Å². The Morgan fingerprint density at radius 2 is 1.29 bits per heavy atom. The van der Waals surface area contributed by atoms with E-state index in [1.54, 1.807) is 19.1 Å². The third-order valence-electron chi connectivity index (χ3n) is 4.66. The lowest BCUT2D eigenvalue weighted by Crippen LogP contribution is -2.28. The highest BCUT2D eigenvalue weighted by Gasteiger charge is 2.46. The Kier molecular flexibility index (Phi) is 5.85. The molecule has 5 heteroatoms. The number of hydrogen-bond acceptors (Lipinski definition) is 2. The van der Waals surface area contributed by atoms with E-state index in [9.17, 15) is 19.5 Å². The lowest BCUT2D eigenvalue weighted by molar-refractivity contribution is 0.0853. The molecular weight excluding hydrogens is 323 g/mol. The van der Waals surface area contributed by atoms with Crippen LogP contribution in [0.3, 0.4) is 0 Å². The van der Waals surface area contributed by atoms with E-state index in [-0.39, 0.29) is 17.3 Å². The third-order valence-corrected chi connectivity index (χ3v) is 6.19. The SMILES string of the molecule is CCc1c(C(C)(C)C)cc(C(O)(CC)P(=O)(O)O)cc1C(C)(C)C. The van der Waals surface area contributed by atoms with Gasteiger partial charge in [-0.25, -0.2) is 0 Å². The van der Waals surface area contributed by atoms with Crippen LogP contribution in [0.2, 0.25) is 0 Å². The fraction of sp³-hybridized carbons (Fsp3) is 0.684. The lowest BCUT2D eigenvalue weighted by Gasteiger charge is -2.35. The van der Waals surface area contributed by atoms with E-state index < -0.39 is 12.9 Å². The quantitative estimate of drug-likeness (QED) is 0.690. The highest BCUT2D eigenvalue weighted by molar-refractivity contribution is 7.52. The summed E-state index contributed by atoms with van der Waals surface area (Å²) in [7, 11) is -4.72. The molecule has 0 spiro atoms. The van der Waals surface area contributed by atoms with E-state index in [0.717, 1.165) is 17.5 Å². The van der Waals surface area contributed by atoms with Crippen molar-refractivity contribution in [2.75, 3.05) is 0 Å². The summed E-state index contributed by atoms with van der Waals surface area (Å²) in [4.78, 5) is 19.5. The predicted molar refractivity (Wildman–Crippen MR) is 99.5 cm³/mol. The minimum Gasteiger partial charge on any atom is -0.373 e. The summed E-state index contributed by atoms with van der Waals surface area (Å²) < 4.78 is 12.0. The van der Waals surface area contributed by atoms with Crippen molar-refractivity contribution >= 4 is 7.60 Å². The van der Waals surface area contributed by atoms with Gasteiger partial charge < -0.3 is 14.9 Å². The molecule has 0 radical (unpaired) electrons. The van der Waals surface area contributed by atoms with Gasteiger partial charge in [-0.3, -0.25) is 4.57 Å². The van der Waals surface area contributed by atoms with Gasteiger partial charge >= 0.3 is 7.60 Å². The predicted octanol–water partition coefficient (Wildman–Crippen LogP) is 4.58. The van der Waals surface area contributed by atoms with Gasteiger partial charge in [0.15, 0.2) is 5.34 Å². The van der Waals surface area contributed by atoms with Crippen LogP contribution in [-0.2, 0) is 27.2 Å².